The number of benzene rings is 2. The van der Waals surface area contributed by atoms with Crippen molar-refractivity contribution in [2.24, 2.45) is 0 Å². The van der Waals surface area contributed by atoms with Crippen molar-refractivity contribution in [1.29, 1.82) is 0 Å². The fraction of sp³-hybridized carbons (Fsp3) is 0.238. The molecule has 31 heavy (non-hydrogen) atoms. The molecule has 4 rings (SSSR count). The van der Waals surface area contributed by atoms with Gasteiger partial charge in [-0.1, -0.05) is 29.5 Å². The van der Waals surface area contributed by atoms with Gasteiger partial charge in [-0.2, -0.15) is 0 Å². The summed E-state index contributed by atoms with van der Waals surface area (Å²) in [5.74, 6) is 0.191. The van der Waals surface area contributed by atoms with E-state index in [0.717, 1.165) is 15.1 Å². The molecule has 2 aromatic carbocycles. The molecule has 0 saturated carbocycles. The Kier molecular flexibility index (Phi) is 5.72. The van der Waals surface area contributed by atoms with Gasteiger partial charge in [0.25, 0.3) is 5.91 Å². The van der Waals surface area contributed by atoms with Crippen LogP contribution in [0.15, 0.2) is 42.5 Å². The minimum Gasteiger partial charge on any atom is -0.493 e. The maximum Gasteiger partial charge on any atom is 0.325 e. The lowest BCUT2D eigenvalue weighted by Gasteiger charge is -2.15. The van der Waals surface area contributed by atoms with Crippen molar-refractivity contribution in [2.75, 3.05) is 19.5 Å². The average molecular weight is 440 g/mol. The molecule has 3 aromatic rings. The average Bonchev–Trinajstić information content (AvgIpc) is 3.28. The van der Waals surface area contributed by atoms with Gasteiger partial charge in [0, 0.05) is 0 Å². The van der Waals surface area contributed by atoms with Gasteiger partial charge < -0.3 is 20.1 Å². The molecule has 1 saturated heterocycles. The van der Waals surface area contributed by atoms with Gasteiger partial charge >= 0.3 is 6.03 Å². The second-order valence-electron chi connectivity index (χ2n) is 6.85. The number of nitrogens with zero attached hydrogens (tertiary/aromatic N) is 2. The van der Waals surface area contributed by atoms with E-state index in [0.29, 0.717) is 22.2 Å². The Hall–Kier alpha value is -3.66. The smallest absolute Gasteiger partial charge is 0.325 e. The standard InChI is InChI=1S/C21H20N4O5S/c1-29-15-8-7-12(9-16(15)30-2)11-25-19(27)14(23-21(25)28)10-18(26)24-20-22-13-5-3-4-6-17(13)31-20/h3-9,14H,10-11H2,1-2H3,(H,23,28)(H,22,24,26). The van der Waals surface area contributed by atoms with Crippen LogP contribution in [0.2, 0.25) is 0 Å². The van der Waals surface area contributed by atoms with E-state index < -0.39 is 23.9 Å². The molecule has 1 unspecified atom stereocenters. The van der Waals surface area contributed by atoms with E-state index in [9.17, 15) is 14.4 Å². The molecule has 0 aliphatic carbocycles. The molecule has 1 aliphatic heterocycles. The number of aromatic nitrogens is 1. The monoisotopic (exact) mass is 440 g/mol. The minimum absolute atomic E-state index is 0.0566. The lowest BCUT2D eigenvalue weighted by Crippen LogP contribution is -2.34. The molecule has 2 N–H and O–H groups in total. The number of fused-ring (bicyclic) bond motifs is 1. The molecule has 1 fully saturated rings. The van der Waals surface area contributed by atoms with E-state index in [1.165, 1.54) is 25.6 Å². The summed E-state index contributed by atoms with van der Waals surface area (Å²) >= 11 is 1.35. The summed E-state index contributed by atoms with van der Waals surface area (Å²) in [6.45, 7) is 0.0566. The van der Waals surface area contributed by atoms with Gasteiger partial charge in [-0.25, -0.2) is 9.78 Å². The molecule has 2 heterocycles. The Bertz CT molecular complexity index is 1130. The van der Waals surface area contributed by atoms with Crippen LogP contribution in [0.1, 0.15) is 12.0 Å². The zero-order valence-electron chi connectivity index (χ0n) is 16.9. The number of nitrogens with one attached hydrogen (secondary N) is 2. The number of hydrogen-bond acceptors (Lipinski definition) is 7. The minimum atomic E-state index is -0.929. The third-order valence-corrected chi connectivity index (χ3v) is 5.78. The van der Waals surface area contributed by atoms with E-state index in [4.69, 9.17) is 9.47 Å². The molecule has 1 aromatic heterocycles. The van der Waals surface area contributed by atoms with Crippen LogP contribution in [0, 0.1) is 0 Å². The van der Waals surface area contributed by atoms with E-state index in [1.54, 1.807) is 18.2 Å². The summed E-state index contributed by atoms with van der Waals surface area (Å²) in [4.78, 5) is 42.9. The zero-order chi connectivity index (χ0) is 22.0. The molecule has 160 valence electrons. The number of amides is 4. The van der Waals surface area contributed by atoms with E-state index in [2.05, 4.69) is 15.6 Å². The lowest BCUT2D eigenvalue weighted by atomic mass is 10.1. The van der Waals surface area contributed by atoms with Gasteiger partial charge in [0.1, 0.15) is 6.04 Å². The number of ether oxygens (including phenoxy) is 2. The van der Waals surface area contributed by atoms with Crippen molar-refractivity contribution in [3.8, 4) is 11.5 Å². The quantitative estimate of drug-likeness (QED) is 0.547. The van der Waals surface area contributed by atoms with Crippen molar-refractivity contribution in [2.45, 2.75) is 19.0 Å². The second kappa shape index (κ2) is 8.60. The largest absolute Gasteiger partial charge is 0.493 e. The van der Waals surface area contributed by atoms with Gasteiger partial charge in [-0.15, -0.1) is 0 Å². The first kappa shape index (κ1) is 20.6. The summed E-state index contributed by atoms with van der Waals surface area (Å²) in [5.41, 5.74) is 1.48. The summed E-state index contributed by atoms with van der Waals surface area (Å²) in [7, 11) is 3.04. The highest BCUT2D eigenvalue weighted by molar-refractivity contribution is 7.22. The van der Waals surface area contributed by atoms with Gasteiger partial charge in [-0.3, -0.25) is 14.5 Å². The molecule has 1 atom stereocenters. The SMILES string of the molecule is COc1ccc(CN2C(=O)NC(CC(=O)Nc3nc4ccccc4s3)C2=O)cc1OC. The molecule has 0 spiro atoms. The van der Waals surface area contributed by atoms with Crippen molar-refractivity contribution in [3.63, 3.8) is 0 Å². The predicted octanol–water partition coefficient (Wildman–Crippen LogP) is 2.76. The Morgan fingerprint density at radius 2 is 1.94 bits per heavy atom. The summed E-state index contributed by atoms with van der Waals surface area (Å²) in [6.07, 6.45) is -0.178. The van der Waals surface area contributed by atoms with Crippen molar-refractivity contribution >= 4 is 44.5 Å². The van der Waals surface area contributed by atoms with Crippen LogP contribution in [0.4, 0.5) is 9.93 Å². The Morgan fingerprint density at radius 3 is 2.68 bits per heavy atom. The number of hydrogen-bond donors (Lipinski definition) is 2. The summed E-state index contributed by atoms with van der Waals surface area (Å²) in [5, 5.41) is 5.72. The normalized spacial score (nSPS) is 15.8. The molecule has 1 aliphatic rings. The lowest BCUT2D eigenvalue weighted by molar-refractivity contribution is -0.130. The molecular formula is C21H20N4O5S. The number of carbonyl (C=O) groups is 3. The van der Waals surface area contributed by atoms with Crippen molar-refractivity contribution in [1.82, 2.24) is 15.2 Å². The van der Waals surface area contributed by atoms with Crippen molar-refractivity contribution in [3.05, 3.63) is 48.0 Å². The first-order valence-electron chi connectivity index (χ1n) is 9.46. The van der Waals surface area contributed by atoms with Gasteiger partial charge in [0.2, 0.25) is 5.91 Å². The number of thiazole rings is 1. The molecule has 9 nitrogen and oxygen atoms in total. The number of urea groups is 1. The van der Waals surface area contributed by atoms with Gasteiger partial charge in [-0.05, 0) is 29.8 Å². The van der Waals surface area contributed by atoms with Crippen LogP contribution < -0.4 is 20.1 Å². The van der Waals surface area contributed by atoms with E-state index in [-0.39, 0.29) is 13.0 Å². The number of anilines is 1. The molecule has 0 bridgehead atoms. The van der Waals surface area contributed by atoms with Crippen LogP contribution in [-0.4, -0.2) is 48.0 Å². The number of para-hydroxylation sites is 1. The first-order valence-corrected chi connectivity index (χ1v) is 10.3. The maximum atomic E-state index is 12.7. The van der Waals surface area contributed by atoms with E-state index >= 15 is 0 Å². The summed E-state index contributed by atoms with van der Waals surface area (Å²) < 4.78 is 11.4. The maximum absolute atomic E-state index is 12.7. The fourth-order valence-corrected chi connectivity index (χ4v) is 4.19. The zero-order valence-corrected chi connectivity index (χ0v) is 17.7. The molecule has 4 amide bonds. The van der Waals surface area contributed by atoms with Crippen molar-refractivity contribution < 1.29 is 23.9 Å². The Labute approximate surface area is 182 Å². The van der Waals surface area contributed by atoms with Crippen LogP contribution in [0.3, 0.4) is 0 Å². The highest BCUT2D eigenvalue weighted by atomic mass is 32.1. The molecule has 0 radical (unpaired) electrons. The topological polar surface area (TPSA) is 110 Å². The Morgan fingerprint density at radius 1 is 1.16 bits per heavy atom. The highest BCUT2D eigenvalue weighted by Crippen LogP contribution is 2.29. The number of rotatable bonds is 7. The number of imide groups is 1. The molecular weight excluding hydrogens is 420 g/mol. The predicted molar refractivity (Wildman–Crippen MR) is 115 cm³/mol. The highest BCUT2D eigenvalue weighted by Gasteiger charge is 2.39. The van der Waals surface area contributed by atoms with Crippen LogP contribution in [0.5, 0.6) is 11.5 Å². The van der Waals surface area contributed by atoms with Gasteiger partial charge in [0.15, 0.2) is 16.6 Å². The number of methoxy groups -OCH3 is 2. The summed E-state index contributed by atoms with van der Waals surface area (Å²) in [6, 6.07) is 11.2. The Balaban J connectivity index is 1.40. The van der Waals surface area contributed by atoms with Crippen LogP contribution in [0.25, 0.3) is 10.2 Å². The first-order chi connectivity index (χ1) is 15.0. The van der Waals surface area contributed by atoms with Crippen LogP contribution >= 0.6 is 11.3 Å². The number of carbonyl (C=O) groups excluding carboxylic acids is 3. The van der Waals surface area contributed by atoms with Crippen LogP contribution in [-0.2, 0) is 16.1 Å². The second-order valence-corrected chi connectivity index (χ2v) is 7.89. The fourth-order valence-electron chi connectivity index (χ4n) is 3.31. The third-order valence-electron chi connectivity index (χ3n) is 4.83. The molecule has 10 heteroatoms. The third kappa shape index (κ3) is 4.29. The van der Waals surface area contributed by atoms with E-state index in [1.807, 2.05) is 24.3 Å². The van der Waals surface area contributed by atoms with Gasteiger partial charge in [0.05, 0.1) is 37.4 Å².